The third kappa shape index (κ3) is 6.33. The van der Waals surface area contributed by atoms with Crippen molar-refractivity contribution in [2.45, 2.75) is 51.2 Å². The smallest absolute Gasteiger partial charge is 0.317 e. The van der Waals surface area contributed by atoms with Gasteiger partial charge in [-0.15, -0.1) is 0 Å². The predicted octanol–water partition coefficient (Wildman–Crippen LogP) is 3.24. The zero-order valence-electron chi connectivity index (χ0n) is 16.0. The number of urea groups is 1. The fraction of sp³-hybridized carbons (Fsp3) is 0.650. The Morgan fingerprint density at radius 2 is 2.04 bits per heavy atom. The lowest BCUT2D eigenvalue weighted by molar-refractivity contribution is 0.133. The number of hydrogen-bond donors (Lipinski definition) is 1. The van der Waals surface area contributed by atoms with Gasteiger partial charge < -0.3 is 19.9 Å². The van der Waals surface area contributed by atoms with Crippen LogP contribution in [0, 0.1) is 0 Å². The van der Waals surface area contributed by atoms with Crippen LogP contribution in [0.5, 0.6) is 0 Å². The summed E-state index contributed by atoms with van der Waals surface area (Å²) in [6.45, 7) is 3.10. The summed E-state index contributed by atoms with van der Waals surface area (Å²) in [5.74, 6) is 0. The van der Waals surface area contributed by atoms with Gasteiger partial charge >= 0.3 is 6.03 Å². The number of piperidine rings is 1. The average Bonchev–Trinajstić information content (AvgIpc) is 2.61. The fourth-order valence-corrected chi connectivity index (χ4v) is 3.53. The van der Waals surface area contributed by atoms with Crippen molar-refractivity contribution in [1.29, 1.82) is 0 Å². The van der Waals surface area contributed by atoms with Gasteiger partial charge in [-0.2, -0.15) is 0 Å². The van der Waals surface area contributed by atoms with E-state index < -0.39 is 0 Å². The SMILES string of the molecule is COCCCC1CCCCN1C(=O)NCc1ccccc1CN(C)C. The Labute approximate surface area is 152 Å². The van der Waals surface area contributed by atoms with Gasteiger partial charge in [-0.25, -0.2) is 4.79 Å². The van der Waals surface area contributed by atoms with Gasteiger partial charge in [-0.1, -0.05) is 24.3 Å². The highest BCUT2D eigenvalue weighted by Gasteiger charge is 2.26. The van der Waals surface area contributed by atoms with E-state index in [2.05, 4.69) is 42.5 Å². The van der Waals surface area contributed by atoms with Gasteiger partial charge in [0.15, 0.2) is 0 Å². The van der Waals surface area contributed by atoms with E-state index in [0.717, 1.165) is 45.4 Å². The lowest BCUT2D eigenvalue weighted by Gasteiger charge is -2.36. The summed E-state index contributed by atoms with van der Waals surface area (Å²) in [5.41, 5.74) is 2.46. The summed E-state index contributed by atoms with van der Waals surface area (Å²) in [4.78, 5) is 16.9. The van der Waals surface area contributed by atoms with Crippen LogP contribution in [0.4, 0.5) is 4.79 Å². The molecule has 1 aromatic carbocycles. The van der Waals surface area contributed by atoms with E-state index in [1.165, 1.54) is 17.5 Å². The van der Waals surface area contributed by atoms with E-state index in [9.17, 15) is 4.79 Å². The summed E-state index contributed by atoms with van der Waals surface area (Å²) in [6, 6.07) is 8.75. The van der Waals surface area contributed by atoms with Gasteiger partial charge in [0.1, 0.15) is 0 Å². The standard InChI is InChI=1S/C20H33N3O2/c1-22(2)16-18-10-5-4-9-17(18)15-21-20(24)23-13-7-6-11-19(23)12-8-14-25-3/h4-5,9-10,19H,6-8,11-16H2,1-3H3,(H,21,24). The second-order valence-electron chi connectivity index (χ2n) is 7.14. The van der Waals surface area contributed by atoms with Gasteiger partial charge in [0.25, 0.3) is 0 Å². The number of carbonyl (C=O) groups excluding carboxylic acids is 1. The maximum Gasteiger partial charge on any atom is 0.317 e. The van der Waals surface area contributed by atoms with Gasteiger partial charge in [0.2, 0.25) is 0 Å². The highest BCUT2D eigenvalue weighted by Crippen LogP contribution is 2.21. The van der Waals surface area contributed by atoms with Crippen molar-refractivity contribution in [3.8, 4) is 0 Å². The Morgan fingerprint density at radius 1 is 1.28 bits per heavy atom. The van der Waals surface area contributed by atoms with Crippen LogP contribution in [0.3, 0.4) is 0 Å². The number of hydrogen-bond acceptors (Lipinski definition) is 3. The number of carbonyl (C=O) groups is 1. The van der Waals surface area contributed by atoms with Crippen LogP contribution in [0.1, 0.15) is 43.2 Å². The van der Waals surface area contributed by atoms with Gasteiger partial charge in [-0.05, 0) is 57.3 Å². The number of nitrogens with zero attached hydrogens (tertiary/aromatic N) is 2. The summed E-state index contributed by atoms with van der Waals surface area (Å²) in [5, 5.41) is 3.14. The molecule has 0 radical (unpaired) electrons. The van der Waals surface area contributed by atoms with Crippen molar-refractivity contribution in [2.24, 2.45) is 0 Å². The zero-order chi connectivity index (χ0) is 18.1. The Balaban J connectivity index is 1.92. The first-order valence-electron chi connectivity index (χ1n) is 9.36. The summed E-state index contributed by atoms with van der Waals surface area (Å²) < 4.78 is 5.16. The second-order valence-corrected chi connectivity index (χ2v) is 7.14. The molecule has 1 aliphatic heterocycles. The minimum atomic E-state index is 0.0711. The highest BCUT2D eigenvalue weighted by molar-refractivity contribution is 5.74. The molecular formula is C20H33N3O2. The quantitative estimate of drug-likeness (QED) is 0.734. The molecule has 1 aliphatic rings. The first kappa shape index (κ1) is 19.7. The van der Waals surface area contributed by atoms with Crippen LogP contribution < -0.4 is 5.32 Å². The largest absolute Gasteiger partial charge is 0.385 e. The molecule has 1 atom stereocenters. The van der Waals surface area contributed by atoms with Crippen molar-refractivity contribution >= 4 is 6.03 Å². The maximum absolute atomic E-state index is 12.7. The summed E-state index contributed by atoms with van der Waals surface area (Å²) in [6.07, 6.45) is 5.46. The number of benzene rings is 1. The molecule has 5 heteroatoms. The zero-order valence-corrected chi connectivity index (χ0v) is 16.0. The third-order valence-electron chi connectivity index (χ3n) is 4.81. The fourth-order valence-electron chi connectivity index (χ4n) is 3.53. The number of methoxy groups -OCH3 is 1. The van der Waals surface area contributed by atoms with E-state index in [-0.39, 0.29) is 6.03 Å². The van der Waals surface area contributed by atoms with Crippen molar-refractivity contribution in [1.82, 2.24) is 15.1 Å². The normalized spacial score (nSPS) is 17.8. The van der Waals surface area contributed by atoms with E-state index in [1.807, 2.05) is 11.0 Å². The van der Waals surface area contributed by atoms with Gasteiger partial charge in [-0.3, -0.25) is 0 Å². The van der Waals surface area contributed by atoms with Crippen LogP contribution in [-0.2, 0) is 17.8 Å². The Kier molecular flexibility index (Phi) is 8.22. The van der Waals surface area contributed by atoms with E-state index in [4.69, 9.17) is 4.74 Å². The van der Waals surface area contributed by atoms with Crippen molar-refractivity contribution in [2.75, 3.05) is 34.4 Å². The van der Waals surface area contributed by atoms with Crippen molar-refractivity contribution in [3.63, 3.8) is 0 Å². The minimum absolute atomic E-state index is 0.0711. The molecule has 1 unspecified atom stereocenters. The van der Waals surface area contributed by atoms with E-state index >= 15 is 0 Å². The molecule has 1 heterocycles. The van der Waals surface area contributed by atoms with Crippen molar-refractivity contribution in [3.05, 3.63) is 35.4 Å². The predicted molar refractivity (Wildman–Crippen MR) is 102 cm³/mol. The molecule has 0 aromatic heterocycles. The van der Waals surface area contributed by atoms with E-state index in [0.29, 0.717) is 12.6 Å². The lowest BCUT2D eigenvalue weighted by Crippen LogP contribution is -2.48. The average molecular weight is 348 g/mol. The minimum Gasteiger partial charge on any atom is -0.385 e. The molecule has 5 nitrogen and oxygen atoms in total. The molecular weight excluding hydrogens is 314 g/mol. The second kappa shape index (κ2) is 10.4. The van der Waals surface area contributed by atoms with Crippen LogP contribution in [-0.4, -0.2) is 56.2 Å². The monoisotopic (exact) mass is 347 g/mol. The Hall–Kier alpha value is -1.59. The molecule has 1 N–H and O–H groups in total. The first-order valence-corrected chi connectivity index (χ1v) is 9.36. The number of nitrogens with one attached hydrogen (secondary N) is 1. The molecule has 0 aliphatic carbocycles. The first-order chi connectivity index (χ1) is 12.1. The lowest BCUT2D eigenvalue weighted by atomic mass is 9.98. The Bertz CT molecular complexity index is 533. The molecule has 2 amide bonds. The topological polar surface area (TPSA) is 44.8 Å². The summed E-state index contributed by atoms with van der Waals surface area (Å²) in [7, 11) is 5.86. The number of rotatable bonds is 8. The molecule has 0 spiro atoms. The maximum atomic E-state index is 12.7. The van der Waals surface area contributed by atoms with E-state index in [1.54, 1.807) is 7.11 Å². The molecule has 1 aromatic rings. The van der Waals surface area contributed by atoms with Crippen molar-refractivity contribution < 1.29 is 9.53 Å². The van der Waals surface area contributed by atoms with Crippen LogP contribution in [0.2, 0.25) is 0 Å². The molecule has 1 fully saturated rings. The molecule has 25 heavy (non-hydrogen) atoms. The highest BCUT2D eigenvalue weighted by atomic mass is 16.5. The number of ether oxygens (including phenoxy) is 1. The number of likely N-dealkylation sites (tertiary alicyclic amines) is 1. The van der Waals surface area contributed by atoms with Gasteiger partial charge in [0, 0.05) is 39.4 Å². The van der Waals surface area contributed by atoms with Crippen LogP contribution >= 0.6 is 0 Å². The molecule has 2 rings (SSSR count). The summed E-state index contributed by atoms with van der Waals surface area (Å²) >= 11 is 0. The van der Waals surface area contributed by atoms with Gasteiger partial charge in [0.05, 0.1) is 0 Å². The molecule has 1 saturated heterocycles. The molecule has 140 valence electrons. The number of amides is 2. The Morgan fingerprint density at radius 3 is 2.76 bits per heavy atom. The van der Waals surface area contributed by atoms with Crippen LogP contribution in [0.15, 0.2) is 24.3 Å². The van der Waals surface area contributed by atoms with Crippen LogP contribution in [0.25, 0.3) is 0 Å². The third-order valence-corrected chi connectivity index (χ3v) is 4.81. The molecule has 0 bridgehead atoms. The molecule has 0 saturated carbocycles.